The monoisotopic (exact) mass is 387 g/mol. The fourth-order valence-electron chi connectivity index (χ4n) is 2.44. The molecule has 0 aliphatic rings. The zero-order chi connectivity index (χ0) is 19.6. The van der Waals surface area contributed by atoms with E-state index in [9.17, 15) is 17.2 Å². The Balaban J connectivity index is 1.92. The van der Waals surface area contributed by atoms with E-state index >= 15 is 0 Å². The first-order chi connectivity index (χ1) is 12.8. The van der Waals surface area contributed by atoms with Crippen LogP contribution in [0.3, 0.4) is 0 Å². The van der Waals surface area contributed by atoms with E-state index in [-0.39, 0.29) is 16.2 Å². The van der Waals surface area contributed by atoms with Crippen molar-refractivity contribution in [2.45, 2.75) is 11.8 Å². The minimum Gasteiger partial charge on any atom is -0.274 e. The van der Waals surface area contributed by atoms with E-state index in [2.05, 4.69) is 16.9 Å². The van der Waals surface area contributed by atoms with Gasteiger partial charge in [-0.15, -0.1) is 0 Å². The summed E-state index contributed by atoms with van der Waals surface area (Å²) in [5, 5.41) is 3.92. The van der Waals surface area contributed by atoms with Gasteiger partial charge < -0.3 is 0 Å². The van der Waals surface area contributed by atoms with E-state index in [1.54, 1.807) is 31.3 Å². The smallest absolute Gasteiger partial charge is 0.265 e. The fraction of sp³-hybridized carbons (Fsp3) is 0.105. The molecule has 3 aromatic rings. The van der Waals surface area contributed by atoms with Crippen molar-refractivity contribution in [3.05, 3.63) is 77.1 Å². The van der Waals surface area contributed by atoms with E-state index in [1.807, 2.05) is 10.8 Å². The van der Waals surface area contributed by atoms with Gasteiger partial charge in [0.15, 0.2) is 11.6 Å². The third-order valence-electron chi connectivity index (χ3n) is 3.66. The van der Waals surface area contributed by atoms with Crippen molar-refractivity contribution < 1.29 is 17.2 Å². The van der Waals surface area contributed by atoms with Crippen molar-refractivity contribution in [1.29, 1.82) is 0 Å². The molecule has 0 saturated heterocycles. The summed E-state index contributed by atoms with van der Waals surface area (Å²) in [4.78, 5) is -0.156. The predicted molar refractivity (Wildman–Crippen MR) is 97.5 cm³/mol. The normalized spacial score (nSPS) is 11.0. The van der Waals surface area contributed by atoms with Crippen LogP contribution in [0, 0.1) is 30.4 Å². The average molecular weight is 387 g/mol. The van der Waals surface area contributed by atoms with Crippen LogP contribution in [0.25, 0.3) is 0 Å². The van der Waals surface area contributed by atoms with Crippen LogP contribution in [0.2, 0.25) is 0 Å². The van der Waals surface area contributed by atoms with Crippen LogP contribution in [-0.4, -0.2) is 18.2 Å². The summed E-state index contributed by atoms with van der Waals surface area (Å²) in [6.07, 6.45) is 1.26. The lowest BCUT2D eigenvalue weighted by molar-refractivity contribution is 0.582. The molecule has 1 heterocycles. The van der Waals surface area contributed by atoms with Crippen LogP contribution in [-0.2, 0) is 17.1 Å². The molecule has 0 aliphatic heterocycles. The summed E-state index contributed by atoms with van der Waals surface area (Å²) >= 11 is 0. The van der Waals surface area contributed by atoms with Gasteiger partial charge >= 0.3 is 0 Å². The molecule has 0 saturated carbocycles. The second-order valence-corrected chi connectivity index (χ2v) is 7.44. The number of anilines is 1. The maximum Gasteiger partial charge on any atom is 0.265 e. The van der Waals surface area contributed by atoms with Gasteiger partial charge in [0, 0.05) is 24.4 Å². The molecule has 1 aromatic heterocycles. The molecule has 0 aliphatic carbocycles. The Morgan fingerprint density at radius 2 is 1.63 bits per heavy atom. The molecule has 138 valence electrons. The highest BCUT2D eigenvalue weighted by Gasteiger charge is 2.23. The number of halogens is 2. The van der Waals surface area contributed by atoms with Gasteiger partial charge in [0.1, 0.15) is 10.6 Å². The quantitative estimate of drug-likeness (QED) is 0.702. The summed E-state index contributed by atoms with van der Waals surface area (Å²) in [6.45, 7) is 1.49. The number of nitrogens with zero attached hydrogens (tertiary/aromatic N) is 2. The fourth-order valence-corrected chi connectivity index (χ4v) is 3.73. The van der Waals surface area contributed by atoms with Crippen molar-refractivity contribution in [2.24, 2.45) is 7.05 Å². The third-order valence-corrected chi connectivity index (χ3v) is 5.11. The van der Waals surface area contributed by atoms with E-state index in [0.717, 1.165) is 12.1 Å². The molecular weight excluding hydrogens is 372 g/mol. The van der Waals surface area contributed by atoms with Crippen LogP contribution in [0.5, 0.6) is 0 Å². The van der Waals surface area contributed by atoms with Gasteiger partial charge in [0.05, 0.1) is 5.69 Å². The second kappa shape index (κ2) is 7.21. The lowest BCUT2D eigenvalue weighted by atomic mass is 10.1. The molecule has 0 spiro atoms. The van der Waals surface area contributed by atoms with Gasteiger partial charge in [-0.2, -0.15) is 5.10 Å². The first-order valence-electron chi connectivity index (χ1n) is 7.85. The summed E-state index contributed by atoms with van der Waals surface area (Å²) < 4.78 is 56.7. The molecule has 5 nitrogen and oxygen atoms in total. The first-order valence-corrected chi connectivity index (χ1v) is 9.34. The Morgan fingerprint density at radius 3 is 2.19 bits per heavy atom. The van der Waals surface area contributed by atoms with Gasteiger partial charge in [0.25, 0.3) is 10.0 Å². The van der Waals surface area contributed by atoms with E-state index < -0.39 is 27.3 Å². The standard InChI is InChI=1S/C19H15F2N3O2S/c1-13-18(12-24(2)22-13)27(25,26)23-19-16(20)10-15(11-17(19)21)9-8-14-6-4-3-5-7-14/h3-7,10-12,23H,1-2H3. The highest BCUT2D eigenvalue weighted by Crippen LogP contribution is 2.25. The molecule has 27 heavy (non-hydrogen) atoms. The van der Waals surface area contributed by atoms with E-state index in [4.69, 9.17) is 0 Å². The molecule has 0 amide bonds. The van der Waals surface area contributed by atoms with Crippen molar-refractivity contribution >= 4 is 15.7 Å². The number of hydrogen-bond donors (Lipinski definition) is 1. The van der Waals surface area contributed by atoms with Crippen molar-refractivity contribution in [3.8, 4) is 11.8 Å². The van der Waals surface area contributed by atoms with Gasteiger partial charge in [-0.3, -0.25) is 9.40 Å². The summed E-state index contributed by atoms with van der Waals surface area (Å²) in [6, 6.07) is 10.9. The third kappa shape index (κ3) is 4.15. The summed E-state index contributed by atoms with van der Waals surface area (Å²) in [7, 11) is -2.64. The Labute approximate surface area is 155 Å². The molecule has 1 N–H and O–H groups in total. The van der Waals surface area contributed by atoms with Crippen LogP contribution in [0.4, 0.5) is 14.5 Å². The van der Waals surface area contributed by atoms with Gasteiger partial charge in [-0.25, -0.2) is 17.2 Å². The summed E-state index contributed by atoms with van der Waals surface area (Å²) in [5.74, 6) is 3.33. The van der Waals surface area contributed by atoms with Gasteiger partial charge in [-0.05, 0) is 31.2 Å². The van der Waals surface area contributed by atoms with Crippen LogP contribution < -0.4 is 4.72 Å². The summed E-state index contributed by atoms with van der Waals surface area (Å²) in [5.41, 5.74) is 0.240. The molecule has 3 rings (SSSR count). The Morgan fingerprint density at radius 1 is 1.04 bits per heavy atom. The minimum atomic E-state index is -4.19. The molecular formula is C19H15F2N3O2S. The van der Waals surface area contributed by atoms with Crippen LogP contribution in [0.15, 0.2) is 53.6 Å². The number of hydrogen-bond acceptors (Lipinski definition) is 3. The largest absolute Gasteiger partial charge is 0.274 e. The lowest BCUT2D eigenvalue weighted by Crippen LogP contribution is -2.15. The number of sulfonamides is 1. The number of benzene rings is 2. The van der Waals surface area contributed by atoms with Crippen molar-refractivity contribution in [3.63, 3.8) is 0 Å². The second-order valence-electron chi connectivity index (χ2n) is 5.79. The van der Waals surface area contributed by atoms with E-state index in [0.29, 0.717) is 5.56 Å². The van der Waals surface area contributed by atoms with Crippen molar-refractivity contribution in [1.82, 2.24) is 9.78 Å². The zero-order valence-electron chi connectivity index (χ0n) is 14.5. The molecule has 0 unspecified atom stereocenters. The Kier molecular flexibility index (Phi) is 4.97. The Hall–Kier alpha value is -3.18. The zero-order valence-corrected chi connectivity index (χ0v) is 15.3. The minimum absolute atomic E-state index is 0.0920. The molecule has 0 radical (unpaired) electrons. The molecule has 0 bridgehead atoms. The first kappa shape index (κ1) is 18.6. The van der Waals surface area contributed by atoms with Gasteiger partial charge in [0.2, 0.25) is 0 Å². The Bertz CT molecular complexity index is 1140. The van der Waals surface area contributed by atoms with Crippen molar-refractivity contribution in [2.75, 3.05) is 4.72 Å². The highest BCUT2D eigenvalue weighted by atomic mass is 32.2. The SMILES string of the molecule is Cc1nn(C)cc1S(=O)(=O)Nc1c(F)cc(C#Cc2ccccc2)cc1F. The topological polar surface area (TPSA) is 64.0 Å². The molecule has 2 aromatic carbocycles. The molecule has 8 heteroatoms. The maximum atomic E-state index is 14.3. The van der Waals surface area contributed by atoms with Crippen LogP contribution >= 0.6 is 0 Å². The number of rotatable bonds is 3. The lowest BCUT2D eigenvalue weighted by Gasteiger charge is -2.09. The van der Waals surface area contributed by atoms with E-state index in [1.165, 1.54) is 17.8 Å². The molecule has 0 fully saturated rings. The predicted octanol–water partition coefficient (Wildman–Crippen LogP) is 3.21. The average Bonchev–Trinajstić information content (AvgIpc) is 2.96. The number of aryl methyl sites for hydroxylation is 2. The maximum absolute atomic E-state index is 14.3. The molecule has 0 atom stereocenters. The number of aromatic nitrogens is 2. The van der Waals surface area contributed by atoms with Crippen LogP contribution in [0.1, 0.15) is 16.8 Å². The highest BCUT2D eigenvalue weighted by molar-refractivity contribution is 7.92. The van der Waals surface area contributed by atoms with Gasteiger partial charge in [-0.1, -0.05) is 30.0 Å². The number of nitrogens with one attached hydrogen (secondary N) is 1.